The third-order valence-corrected chi connectivity index (χ3v) is 3.63. The highest BCUT2D eigenvalue weighted by Crippen LogP contribution is 2.32. The third kappa shape index (κ3) is 3.38. The molecule has 1 atom stereocenters. The molecule has 10 heteroatoms. The number of alkyl halides is 2. The summed E-state index contributed by atoms with van der Waals surface area (Å²) in [6.07, 6.45) is 1.85. The minimum atomic E-state index is -3.02. The molecule has 1 saturated heterocycles. The highest BCUT2D eigenvalue weighted by molar-refractivity contribution is 6.64. The van der Waals surface area contributed by atoms with E-state index >= 15 is 0 Å². The zero-order chi connectivity index (χ0) is 16.3. The van der Waals surface area contributed by atoms with Gasteiger partial charge in [0.15, 0.2) is 6.20 Å². The second kappa shape index (κ2) is 6.35. The number of hydrogen-bond acceptors (Lipinski definition) is 6. The molecule has 7 nitrogen and oxygen atoms in total. The summed E-state index contributed by atoms with van der Waals surface area (Å²) in [5.74, 6) is -3.35. The van der Waals surface area contributed by atoms with Crippen LogP contribution < -0.4 is 4.90 Å². The number of aromatic nitrogens is 1. The van der Waals surface area contributed by atoms with E-state index in [9.17, 15) is 23.7 Å². The van der Waals surface area contributed by atoms with Crippen molar-refractivity contribution in [3.05, 3.63) is 28.4 Å². The Bertz CT molecular complexity index is 558. The molecule has 0 N–H and O–H groups in total. The first kappa shape index (κ1) is 16.3. The first-order valence-corrected chi connectivity index (χ1v) is 6.59. The van der Waals surface area contributed by atoms with E-state index in [1.54, 1.807) is 0 Å². The number of halogens is 2. The van der Waals surface area contributed by atoms with Gasteiger partial charge in [0.25, 0.3) is 13.3 Å². The van der Waals surface area contributed by atoms with Gasteiger partial charge in [0.05, 0.1) is 24.5 Å². The maximum absolute atomic E-state index is 14.2. The Balaban J connectivity index is 2.10. The Labute approximate surface area is 126 Å². The van der Waals surface area contributed by atoms with E-state index in [1.165, 1.54) is 35.1 Å². The summed E-state index contributed by atoms with van der Waals surface area (Å²) in [7, 11) is 2.53. The normalized spacial score (nSPS) is 20.7. The second-order valence-electron chi connectivity index (χ2n) is 5.07. The quantitative estimate of drug-likeness (QED) is 0.348. The zero-order valence-electron chi connectivity index (χ0n) is 11.9. The minimum Gasteiger partial charge on any atom is -0.362 e. The first-order valence-electron chi connectivity index (χ1n) is 6.59. The van der Waals surface area contributed by atoms with Crippen molar-refractivity contribution >= 4 is 25.1 Å². The monoisotopic (exact) mass is 311 g/mol. The van der Waals surface area contributed by atoms with Crippen molar-refractivity contribution in [2.24, 2.45) is 0 Å². The molecule has 0 bridgehead atoms. The van der Waals surface area contributed by atoms with Crippen LogP contribution in [0, 0.1) is 10.1 Å². The Morgan fingerprint density at radius 1 is 1.59 bits per heavy atom. The van der Waals surface area contributed by atoms with Gasteiger partial charge in [-0.2, -0.15) is 0 Å². The van der Waals surface area contributed by atoms with E-state index in [0.29, 0.717) is 18.4 Å². The van der Waals surface area contributed by atoms with E-state index in [4.69, 9.17) is 0 Å². The number of carbonyl (C=O) groups excluding carboxylic acids is 1. The summed E-state index contributed by atoms with van der Waals surface area (Å²) >= 11 is 0. The molecule has 1 unspecified atom stereocenters. The van der Waals surface area contributed by atoms with Crippen LogP contribution in [0.3, 0.4) is 0 Å². The SMILES string of the molecule is CN([B]C=O)C1CCN(c2ccc([N+](=O)[O-])nc2)CC1(F)F. The van der Waals surface area contributed by atoms with Crippen molar-refractivity contribution in [2.75, 3.05) is 25.0 Å². The Morgan fingerprint density at radius 2 is 2.32 bits per heavy atom. The summed E-state index contributed by atoms with van der Waals surface area (Å²) in [6, 6.07) is 1.54. The van der Waals surface area contributed by atoms with E-state index in [1.807, 2.05) is 0 Å². The van der Waals surface area contributed by atoms with Crippen molar-refractivity contribution < 1.29 is 18.5 Å². The standard InChI is InChI=1S/C12H14BF2N4O3/c1-17(13-8-20)10-4-5-18(7-12(10,14)15)9-2-3-11(16-6-9)19(21)22/h2-3,6,8,10H,4-5,7H2,1H3. The van der Waals surface area contributed by atoms with Crippen molar-refractivity contribution in [3.63, 3.8) is 0 Å². The van der Waals surface area contributed by atoms with Crippen LogP contribution in [-0.2, 0) is 4.79 Å². The average Bonchev–Trinajstić information content (AvgIpc) is 2.46. The van der Waals surface area contributed by atoms with Crippen LogP contribution in [0.2, 0.25) is 0 Å². The van der Waals surface area contributed by atoms with Gasteiger partial charge >= 0.3 is 5.82 Å². The number of anilines is 1. The molecular weight excluding hydrogens is 297 g/mol. The van der Waals surface area contributed by atoms with Crippen LogP contribution >= 0.6 is 0 Å². The van der Waals surface area contributed by atoms with Crippen molar-refractivity contribution in [1.82, 2.24) is 9.79 Å². The minimum absolute atomic E-state index is 0.158. The van der Waals surface area contributed by atoms with Gasteiger partial charge in [0.1, 0.15) is 0 Å². The van der Waals surface area contributed by atoms with Gasteiger partial charge in [-0.3, -0.25) is 0 Å². The molecule has 1 radical (unpaired) electrons. The van der Waals surface area contributed by atoms with Crippen LogP contribution in [0.4, 0.5) is 20.3 Å². The summed E-state index contributed by atoms with van der Waals surface area (Å²) in [5, 5.41) is 10.5. The van der Waals surface area contributed by atoms with Gasteiger partial charge in [-0.05, 0) is 29.4 Å². The van der Waals surface area contributed by atoms with E-state index in [2.05, 4.69) is 4.98 Å². The number of piperidine rings is 1. The maximum atomic E-state index is 14.2. The van der Waals surface area contributed by atoms with Gasteiger partial charge in [-0.25, -0.2) is 8.78 Å². The van der Waals surface area contributed by atoms with E-state index in [0.717, 1.165) is 7.41 Å². The molecule has 2 heterocycles. The van der Waals surface area contributed by atoms with Crippen molar-refractivity contribution in [1.29, 1.82) is 0 Å². The predicted molar refractivity (Wildman–Crippen MR) is 76.7 cm³/mol. The molecule has 0 aromatic carbocycles. The molecule has 1 aliphatic heterocycles. The molecule has 0 spiro atoms. The van der Waals surface area contributed by atoms with Crippen molar-refractivity contribution in [3.8, 4) is 0 Å². The van der Waals surface area contributed by atoms with Crippen LogP contribution in [0.25, 0.3) is 0 Å². The molecule has 0 amide bonds. The van der Waals surface area contributed by atoms with Crippen LogP contribution in [-0.4, -0.2) is 60.4 Å². The van der Waals surface area contributed by atoms with Crippen LogP contribution in [0.5, 0.6) is 0 Å². The van der Waals surface area contributed by atoms with Gasteiger partial charge in [-0.1, -0.05) is 0 Å². The average molecular weight is 311 g/mol. The predicted octanol–water partition coefficient (Wildman–Crippen LogP) is 0.945. The summed E-state index contributed by atoms with van der Waals surface area (Å²) in [5.41, 5.74) is 0.408. The Morgan fingerprint density at radius 3 is 2.82 bits per heavy atom. The molecule has 22 heavy (non-hydrogen) atoms. The van der Waals surface area contributed by atoms with E-state index < -0.39 is 23.4 Å². The number of pyridine rings is 1. The highest BCUT2D eigenvalue weighted by atomic mass is 19.3. The lowest BCUT2D eigenvalue weighted by molar-refractivity contribution is -0.389. The van der Waals surface area contributed by atoms with Gasteiger partial charge in [0, 0.05) is 12.6 Å². The Kier molecular flexibility index (Phi) is 4.70. The summed E-state index contributed by atoms with van der Waals surface area (Å²) in [6.45, 7) is -0.190. The van der Waals surface area contributed by atoms with Gasteiger partial charge in [0.2, 0.25) is 0 Å². The summed E-state index contributed by atoms with van der Waals surface area (Å²) < 4.78 is 28.5. The lowest BCUT2D eigenvalue weighted by atomic mass is 9.87. The highest BCUT2D eigenvalue weighted by Gasteiger charge is 2.46. The van der Waals surface area contributed by atoms with Crippen LogP contribution in [0.1, 0.15) is 6.42 Å². The fourth-order valence-corrected chi connectivity index (χ4v) is 2.52. The second-order valence-corrected chi connectivity index (χ2v) is 5.07. The van der Waals surface area contributed by atoms with Gasteiger partial charge in [-0.15, -0.1) is 0 Å². The molecule has 2 rings (SSSR count). The Hall–Kier alpha value is -2.10. The smallest absolute Gasteiger partial charge is 0.362 e. The molecule has 1 fully saturated rings. The number of nitro groups is 1. The largest absolute Gasteiger partial charge is 0.363 e. The van der Waals surface area contributed by atoms with Gasteiger partial charge < -0.3 is 24.6 Å². The molecule has 1 aromatic heterocycles. The van der Waals surface area contributed by atoms with Crippen LogP contribution in [0.15, 0.2) is 18.3 Å². The molecule has 1 aliphatic rings. The zero-order valence-corrected chi connectivity index (χ0v) is 11.9. The molecule has 0 aliphatic carbocycles. The third-order valence-electron chi connectivity index (χ3n) is 3.63. The van der Waals surface area contributed by atoms with E-state index in [-0.39, 0.29) is 12.2 Å². The number of rotatable bonds is 5. The molecule has 0 saturated carbocycles. The lowest BCUT2D eigenvalue weighted by Gasteiger charge is -2.42. The summed E-state index contributed by atoms with van der Waals surface area (Å²) in [4.78, 5) is 26.6. The molecule has 1 aromatic rings. The van der Waals surface area contributed by atoms with Crippen molar-refractivity contribution in [2.45, 2.75) is 18.4 Å². The topological polar surface area (TPSA) is 79.6 Å². The number of hydrogen-bond donors (Lipinski definition) is 0. The molecule has 117 valence electrons. The fourth-order valence-electron chi connectivity index (χ4n) is 2.52. The lowest BCUT2D eigenvalue weighted by Crippen LogP contribution is -2.58. The fraction of sp³-hybridized carbons (Fsp3) is 0.500. The number of carbonyl (C=O) groups is 1. The maximum Gasteiger partial charge on any atom is 0.363 e. The molecular formula is C12H14BF2N4O3. The number of nitrogens with zero attached hydrogens (tertiary/aromatic N) is 4. The first-order chi connectivity index (χ1) is 10.3.